The third-order valence-corrected chi connectivity index (χ3v) is 2.87. The Labute approximate surface area is 108 Å². The lowest BCUT2D eigenvalue weighted by molar-refractivity contribution is -0.132. The van der Waals surface area contributed by atoms with Crippen molar-refractivity contribution in [2.24, 2.45) is 0 Å². The molecule has 3 heteroatoms. The van der Waals surface area contributed by atoms with Gasteiger partial charge >= 0.3 is 5.97 Å². The van der Waals surface area contributed by atoms with Crippen molar-refractivity contribution >= 4 is 11.7 Å². The summed E-state index contributed by atoms with van der Waals surface area (Å²) in [5.41, 5.74) is 0.669. The summed E-state index contributed by atoms with van der Waals surface area (Å²) in [6, 6.07) is 8.82. The molecule has 1 rings (SSSR count). The zero-order valence-electron chi connectivity index (χ0n) is 10.7. The number of benzene rings is 1. The van der Waals surface area contributed by atoms with E-state index in [-0.39, 0.29) is 11.3 Å². The summed E-state index contributed by atoms with van der Waals surface area (Å²) in [4.78, 5) is 11.2. The molecule has 0 spiro atoms. The SMILES string of the molecule is CCCCCCC(C(=O)O)=C(O)c1ccccc1. The number of aliphatic hydroxyl groups excluding tert-OH is 1. The second kappa shape index (κ2) is 7.54. The van der Waals surface area contributed by atoms with E-state index < -0.39 is 5.97 Å². The largest absolute Gasteiger partial charge is 0.507 e. The van der Waals surface area contributed by atoms with Gasteiger partial charge < -0.3 is 10.2 Å². The molecule has 0 saturated heterocycles. The first-order valence-corrected chi connectivity index (χ1v) is 6.37. The van der Waals surface area contributed by atoms with Crippen LogP contribution in [-0.4, -0.2) is 16.2 Å². The van der Waals surface area contributed by atoms with Gasteiger partial charge in [0.2, 0.25) is 0 Å². The molecule has 0 heterocycles. The van der Waals surface area contributed by atoms with Crippen LogP contribution in [0.5, 0.6) is 0 Å². The number of aliphatic hydroxyl groups is 1. The van der Waals surface area contributed by atoms with E-state index in [1.54, 1.807) is 24.3 Å². The molecule has 0 unspecified atom stereocenters. The standard InChI is InChI=1S/C15H20O3/c1-2-3-4-8-11-13(15(17)18)14(16)12-9-6-5-7-10-12/h5-7,9-10,16H,2-4,8,11H2,1H3,(H,17,18). The molecule has 98 valence electrons. The third kappa shape index (κ3) is 4.24. The fraction of sp³-hybridized carbons (Fsp3) is 0.400. The fourth-order valence-corrected chi connectivity index (χ4v) is 1.83. The van der Waals surface area contributed by atoms with Crippen molar-refractivity contribution in [2.75, 3.05) is 0 Å². The number of hydrogen-bond donors (Lipinski definition) is 2. The average molecular weight is 248 g/mol. The lowest BCUT2D eigenvalue weighted by Gasteiger charge is -2.07. The van der Waals surface area contributed by atoms with Gasteiger partial charge in [0, 0.05) is 5.56 Å². The van der Waals surface area contributed by atoms with E-state index in [0.717, 1.165) is 25.7 Å². The minimum atomic E-state index is -1.03. The van der Waals surface area contributed by atoms with Crippen molar-refractivity contribution in [3.05, 3.63) is 41.5 Å². The topological polar surface area (TPSA) is 57.5 Å². The van der Waals surface area contributed by atoms with Crippen molar-refractivity contribution in [1.29, 1.82) is 0 Å². The first-order valence-electron chi connectivity index (χ1n) is 6.37. The molecule has 0 bridgehead atoms. The van der Waals surface area contributed by atoms with Gasteiger partial charge in [-0.05, 0) is 12.8 Å². The van der Waals surface area contributed by atoms with E-state index in [4.69, 9.17) is 5.11 Å². The van der Waals surface area contributed by atoms with Gasteiger partial charge in [0.25, 0.3) is 0 Å². The van der Waals surface area contributed by atoms with Gasteiger partial charge in [-0.1, -0.05) is 56.5 Å². The maximum absolute atomic E-state index is 11.2. The van der Waals surface area contributed by atoms with Crippen molar-refractivity contribution in [2.45, 2.75) is 39.0 Å². The Morgan fingerprint density at radius 2 is 1.72 bits per heavy atom. The van der Waals surface area contributed by atoms with Gasteiger partial charge in [-0.15, -0.1) is 0 Å². The molecule has 0 aliphatic carbocycles. The molecular weight excluding hydrogens is 228 g/mol. The quantitative estimate of drug-likeness (QED) is 0.435. The maximum Gasteiger partial charge on any atom is 0.335 e. The predicted octanol–water partition coefficient (Wildman–Crippen LogP) is 4.01. The van der Waals surface area contributed by atoms with Gasteiger partial charge in [-0.25, -0.2) is 4.79 Å². The normalized spacial score (nSPS) is 12.1. The molecule has 0 atom stereocenters. The summed E-state index contributed by atoms with van der Waals surface area (Å²) >= 11 is 0. The number of hydrogen-bond acceptors (Lipinski definition) is 2. The number of unbranched alkanes of at least 4 members (excludes halogenated alkanes) is 3. The maximum atomic E-state index is 11.2. The molecule has 0 saturated carbocycles. The Morgan fingerprint density at radius 1 is 1.06 bits per heavy atom. The lowest BCUT2D eigenvalue weighted by Crippen LogP contribution is -2.04. The molecule has 1 aromatic carbocycles. The van der Waals surface area contributed by atoms with Crippen LogP contribution in [0.2, 0.25) is 0 Å². The second-order valence-corrected chi connectivity index (χ2v) is 4.31. The number of carbonyl (C=O) groups is 1. The van der Waals surface area contributed by atoms with E-state index in [1.807, 2.05) is 6.07 Å². The van der Waals surface area contributed by atoms with Crippen LogP contribution in [0.25, 0.3) is 5.76 Å². The molecule has 3 nitrogen and oxygen atoms in total. The first-order chi connectivity index (χ1) is 8.66. The van der Waals surface area contributed by atoms with Gasteiger partial charge in [-0.2, -0.15) is 0 Å². The highest BCUT2D eigenvalue weighted by molar-refractivity contribution is 5.94. The van der Waals surface area contributed by atoms with E-state index in [1.165, 1.54) is 0 Å². The van der Waals surface area contributed by atoms with E-state index in [0.29, 0.717) is 12.0 Å². The molecule has 0 aromatic heterocycles. The number of rotatable bonds is 7. The number of carboxylic acids is 1. The van der Waals surface area contributed by atoms with Gasteiger partial charge in [0.05, 0.1) is 5.57 Å². The van der Waals surface area contributed by atoms with Crippen LogP contribution < -0.4 is 0 Å². The Morgan fingerprint density at radius 3 is 2.28 bits per heavy atom. The molecule has 0 aliphatic heterocycles. The van der Waals surface area contributed by atoms with Crippen LogP contribution in [0.4, 0.5) is 0 Å². The van der Waals surface area contributed by atoms with Crippen LogP contribution in [0.15, 0.2) is 35.9 Å². The summed E-state index contributed by atoms with van der Waals surface area (Å²) in [7, 11) is 0. The van der Waals surface area contributed by atoms with Crippen LogP contribution in [0, 0.1) is 0 Å². The number of carboxylic acid groups (broad SMARTS) is 1. The Balaban J connectivity index is 2.79. The smallest absolute Gasteiger partial charge is 0.335 e. The van der Waals surface area contributed by atoms with Gasteiger partial charge in [0.1, 0.15) is 5.76 Å². The third-order valence-electron chi connectivity index (χ3n) is 2.87. The molecule has 1 aromatic rings. The Hall–Kier alpha value is -1.77. The summed E-state index contributed by atoms with van der Waals surface area (Å²) in [5.74, 6) is -1.15. The van der Waals surface area contributed by atoms with Crippen LogP contribution in [-0.2, 0) is 4.79 Å². The monoisotopic (exact) mass is 248 g/mol. The van der Waals surface area contributed by atoms with Crippen LogP contribution >= 0.6 is 0 Å². The Kier molecular flexibility index (Phi) is 5.98. The average Bonchev–Trinajstić information content (AvgIpc) is 2.39. The zero-order chi connectivity index (χ0) is 13.4. The van der Waals surface area contributed by atoms with E-state index in [9.17, 15) is 9.90 Å². The summed E-state index contributed by atoms with van der Waals surface area (Å²) in [6.07, 6.45) is 4.41. The molecule has 0 radical (unpaired) electrons. The summed E-state index contributed by atoms with van der Waals surface area (Å²) in [6.45, 7) is 2.11. The minimum absolute atomic E-state index is 0.109. The molecule has 0 amide bonds. The van der Waals surface area contributed by atoms with Crippen molar-refractivity contribution in [3.8, 4) is 0 Å². The molecule has 2 N–H and O–H groups in total. The highest BCUT2D eigenvalue weighted by atomic mass is 16.4. The predicted molar refractivity (Wildman–Crippen MR) is 72.4 cm³/mol. The van der Waals surface area contributed by atoms with Crippen molar-refractivity contribution < 1.29 is 15.0 Å². The highest BCUT2D eigenvalue weighted by Gasteiger charge is 2.14. The highest BCUT2D eigenvalue weighted by Crippen LogP contribution is 2.20. The fourth-order valence-electron chi connectivity index (χ4n) is 1.83. The van der Waals surface area contributed by atoms with E-state index in [2.05, 4.69) is 6.92 Å². The van der Waals surface area contributed by atoms with Crippen LogP contribution in [0.1, 0.15) is 44.6 Å². The van der Waals surface area contributed by atoms with Crippen molar-refractivity contribution in [3.63, 3.8) is 0 Å². The van der Waals surface area contributed by atoms with Crippen molar-refractivity contribution in [1.82, 2.24) is 0 Å². The van der Waals surface area contributed by atoms with Gasteiger partial charge in [-0.3, -0.25) is 0 Å². The molecule has 18 heavy (non-hydrogen) atoms. The molecule has 0 fully saturated rings. The van der Waals surface area contributed by atoms with Gasteiger partial charge in [0.15, 0.2) is 0 Å². The number of aliphatic carboxylic acids is 1. The minimum Gasteiger partial charge on any atom is -0.507 e. The lowest BCUT2D eigenvalue weighted by atomic mass is 10.0. The summed E-state index contributed by atoms with van der Waals surface area (Å²) in [5, 5.41) is 19.1. The molecule has 0 aliphatic rings. The van der Waals surface area contributed by atoms with Crippen LogP contribution in [0.3, 0.4) is 0 Å². The zero-order valence-corrected chi connectivity index (χ0v) is 10.7. The summed E-state index contributed by atoms with van der Waals surface area (Å²) < 4.78 is 0. The molecular formula is C15H20O3. The Bertz CT molecular complexity index is 407. The second-order valence-electron chi connectivity index (χ2n) is 4.31. The first kappa shape index (κ1) is 14.3. The van der Waals surface area contributed by atoms with E-state index >= 15 is 0 Å².